The summed E-state index contributed by atoms with van der Waals surface area (Å²) in [6.07, 6.45) is 0. The summed E-state index contributed by atoms with van der Waals surface area (Å²) in [6.45, 7) is 5.40. The molecule has 2 aromatic heterocycles. The minimum absolute atomic E-state index is 0.0538. The van der Waals surface area contributed by atoms with Crippen molar-refractivity contribution in [1.82, 2.24) is 24.9 Å². The number of nitrogens with one attached hydrogen (secondary N) is 1. The summed E-state index contributed by atoms with van der Waals surface area (Å²) in [4.78, 5) is 22.3. The Labute approximate surface area is 174 Å². The van der Waals surface area contributed by atoms with Gasteiger partial charge in [-0.2, -0.15) is 4.52 Å². The standard InChI is InChI=1S/C22H24N6O2/c1-13(2)24-21(29)22(3,23)20-25-17-8-6-5-7-16(17)19-26-18(27-28(19)20)14-9-11-15(30-4)12-10-14/h5-13H,23H2,1-4H3,(H,24,29)/t22-/m0/s1. The van der Waals surface area contributed by atoms with E-state index in [-0.39, 0.29) is 11.9 Å². The monoisotopic (exact) mass is 404 g/mol. The summed E-state index contributed by atoms with van der Waals surface area (Å²) in [7, 11) is 1.62. The Kier molecular flexibility index (Phi) is 4.87. The van der Waals surface area contributed by atoms with Crippen molar-refractivity contribution in [3.05, 3.63) is 54.4 Å². The van der Waals surface area contributed by atoms with Gasteiger partial charge in [-0.25, -0.2) is 9.97 Å². The second-order valence-electron chi connectivity index (χ2n) is 7.68. The molecule has 0 saturated carbocycles. The van der Waals surface area contributed by atoms with Crippen molar-refractivity contribution in [2.24, 2.45) is 5.73 Å². The normalized spacial score (nSPS) is 13.5. The number of ether oxygens (including phenoxy) is 1. The van der Waals surface area contributed by atoms with Crippen LogP contribution < -0.4 is 15.8 Å². The molecule has 2 aromatic carbocycles. The molecule has 0 aliphatic carbocycles. The number of hydrogen-bond donors (Lipinski definition) is 2. The number of fused-ring (bicyclic) bond motifs is 3. The highest BCUT2D eigenvalue weighted by Gasteiger charge is 2.36. The molecule has 4 aromatic rings. The number of amides is 1. The third kappa shape index (κ3) is 3.35. The van der Waals surface area contributed by atoms with Crippen LogP contribution in [0.4, 0.5) is 0 Å². The van der Waals surface area contributed by atoms with Gasteiger partial charge in [0.25, 0.3) is 0 Å². The lowest BCUT2D eigenvalue weighted by Crippen LogP contribution is -2.52. The Morgan fingerprint density at radius 2 is 1.83 bits per heavy atom. The van der Waals surface area contributed by atoms with E-state index in [1.54, 1.807) is 18.5 Å². The highest BCUT2D eigenvalue weighted by molar-refractivity contribution is 5.93. The van der Waals surface area contributed by atoms with E-state index < -0.39 is 5.54 Å². The fourth-order valence-corrected chi connectivity index (χ4v) is 3.27. The predicted octanol–water partition coefficient (Wildman–Crippen LogP) is 2.65. The second kappa shape index (κ2) is 7.38. The van der Waals surface area contributed by atoms with Crippen LogP contribution in [0.25, 0.3) is 27.9 Å². The van der Waals surface area contributed by atoms with Crippen LogP contribution in [0.2, 0.25) is 0 Å². The van der Waals surface area contributed by atoms with Gasteiger partial charge < -0.3 is 15.8 Å². The van der Waals surface area contributed by atoms with E-state index in [0.29, 0.717) is 22.8 Å². The average Bonchev–Trinajstić information content (AvgIpc) is 3.18. The summed E-state index contributed by atoms with van der Waals surface area (Å²) >= 11 is 0. The Bertz CT molecular complexity index is 1230. The van der Waals surface area contributed by atoms with Crippen molar-refractivity contribution < 1.29 is 9.53 Å². The molecule has 8 nitrogen and oxygen atoms in total. The SMILES string of the molecule is COc1ccc(-c2nc3c4ccccc4nc([C@](C)(N)C(=O)NC(C)C)n3n2)cc1. The molecule has 0 fully saturated rings. The van der Waals surface area contributed by atoms with Gasteiger partial charge in [0.2, 0.25) is 5.91 Å². The van der Waals surface area contributed by atoms with Crippen molar-refractivity contribution in [3.63, 3.8) is 0 Å². The van der Waals surface area contributed by atoms with E-state index in [0.717, 1.165) is 16.7 Å². The fraction of sp³-hybridized carbons (Fsp3) is 0.273. The first-order valence-corrected chi connectivity index (χ1v) is 9.71. The zero-order valence-corrected chi connectivity index (χ0v) is 17.4. The van der Waals surface area contributed by atoms with Crippen LogP contribution in [-0.2, 0) is 10.3 Å². The zero-order valence-electron chi connectivity index (χ0n) is 17.4. The molecule has 8 heteroatoms. The zero-order chi connectivity index (χ0) is 21.5. The quantitative estimate of drug-likeness (QED) is 0.529. The van der Waals surface area contributed by atoms with E-state index >= 15 is 0 Å². The molecular formula is C22H24N6O2. The molecule has 0 saturated heterocycles. The van der Waals surface area contributed by atoms with Gasteiger partial charge in [0.1, 0.15) is 5.75 Å². The third-order valence-electron chi connectivity index (χ3n) is 4.88. The summed E-state index contributed by atoms with van der Waals surface area (Å²) in [5.41, 5.74) is 7.20. The number of aromatic nitrogens is 4. The molecule has 0 radical (unpaired) electrons. The van der Waals surface area contributed by atoms with E-state index in [9.17, 15) is 4.79 Å². The molecular weight excluding hydrogens is 380 g/mol. The van der Waals surface area contributed by atoms with Gasteiger partial charge in [0, 0.05) is 17.0 Å². The molecule has 0 aliphatic heterocycles. The van der Waals surface area contributed by atoms with Gasteiger partial charge in [-0.05, 0) is 57.2 Å². The number of para-hydroxylation sites is 1. The Morgan fingerprint density at radius 3 is 2.50 bits per heavy atom. The highest BCUT2D eigenvalue weighted by Crippen LogP contribution is 2.27. The smallest absolute Gasteiger partial charge is 0.247 e. The lowest BCUT2D eigenvalue weighted by Gasteiger charge is -2.24. The topological polar surface area (TPSA) is 107 Å². The lowest BCUT2D eigenvalue weighted by atomic mass is 10.0. The summed E-state index contributed by atoms with van der Waals surface area (Å²) in [5, 5.41) is 8.35. The number of nitrogens with zero attached hydrogens (tertiary/aromatic N) is 4. The maximum absolute atomic E-state index is 12.9. The summed E-state index contributed by atoms with van der Waals surface area (Å²) in [5.74, 6) is 1.25. The van der Waals surface area contributed by atoms with Crippen molar-refractivity contribution in [2.75, 3.05) is 7.11 Å². The molecule has 4 rings (SSSR count). The first-order valence-electron chi connectivity index (χ1n) is 9.71. The number of benzene rings is 2. The van der Waals surface area contributed by atoms with Crippen molar-refractivity contribution in [2.45, 2.75) is 32.4 Å². The van der Waals surface area contributed by atoms with Crippen LogP contribution in [0.5, 0.6) is 5.75 Å². The molecule has 1 amide bonds. The van der Waals surface area contributed by atoms with Gasteiger partial charge in [0.05, 0.1) is 12.6 Å². The third-order valence-corrected chi connectivity index (χ3v) is 4.88. The molecule has 0 aliphatic rings. The van der Waals surface area contributed by atoms with Gasteiger partial charge in [0.15, 0.2) is 22.8 Å². The molecule has 0 bridgehead atoms. The van der Waals surface area contributed by atoms with Crippen molar-refractivity contribution in [3.8, 4) is 17.1 Å². The van der Waals surface area contributed by atoms with Crippen molar-refractivity contribution in [1.29, 1.82) is 0 Å². The minimum Gasteiger partial charge on any atom is -0.497 e. The van der Waals surface area contributed by atoms with Gasteiger partial charge in [-0.1, -0.05) is 12.1 Å². The molecule has 1 atom stereocenters. The van der Waals surface area contributed by atoms with Crippen LogP contribution in [0.15, 0.2) is 48.5 Å². The maximum Gasteiger partial charge on any atom is 0.247 e. The van der Waals surface area contributed by atoms with Crippen LogP contribution in [-0.4, -0.2) is 38.6 Å². The molecule has 0 unspecified atom stereocenters. The van der Waals surface area contributed by atoms with E-state index in [1.165, 1.54) is 0 Å². The van der Waals surface area contributed by atoms with Gasteiger partial charge >= 0.3 is 0 Å². The number of nitrogens with two attached hydrogens (primary N) is 1. The molecule has 30 heavy (non-hydrogen) atoms. The Hall–Kier alpha value is -3.52. The highest BCUT2D eigenvalue weighted by atomic mass is 16.5. The van der Waals surface area contributed by atoms with E-state index in [4.69, 9.17) is 20.4 Å². The predicted molar refractivity (Wildman–Crippen MR) is 115 cm³/mol. The number of carbonyl (C=O) groups is 1. The number of carbonyl (C=O) groups excluding carboxylic acids is 1. The number of methoxy groups -OCH3 is 1. The average molecular weight is 404 g/mol. The molecule has 2 heterocycles. The maximum atomic E-state index is 12.9. The van der Waals surface area contributed by atoms with Crippen LogP contribution in [0.1, 0.15) is 26.6 Å². The summed E-state index contributed by atoms with van der Waals surface area (Å²) < 4.78 is 6.80. The number of rotatable bonds is 5. The largest absolute Gasteiger partial charge is 0.497 e. The van der Waals surface area contributed by atoms with E-state index in [1.807, 2.05) is 62.4 Å². The number of hydrogen-bond acceptors (Lipinski definition) is 6. The fourth-order valence-electron chi connectivity index (χ4n) is 3.27. The lowest BCUT2D eigenvalue weighted by molar-refractivity contribution is -0.126. The second-order valence-corrected chi connectivity index (χ2v) is 7.68. The van der Waals surface area contributed by atoms with Crippen LogP contribution in [0, 0.1) is 0 Å². The molecule has 3 N–H and O–H groups in total. The van der Waals surface area contributed by atoms with E-state index in [2.05, 4.69) is 10.4 Å². The molecule has 154 valence electrons. The summed E-state index contributed by atoms with van der Waals surface area (Å²) in [6, 6.07) is 15.0. The molecule has 0 spiro atoms. The first kappa shape index (κ1) is 19.8. The van der Waals surface area contributed by atoms with Crippen LogP contribution >= 0.6 is 0 Å². The first-order chi connectivity index (χ1) is 14.3. The van der Waals surface area contributed by atoms with Crippen molar-refractivity contribution >= 4 is 22.5 Å². The van der Waals surface area contributed by atoms with Gasteiger partial charge in [-0.15, -0.1) is 5.10 Å². The Morgan fingerprint density at radius 1 is 1.13 bits per heavy atom. The Balaban J connectivity index is 1.95. The van der Waals surface area contributed by atoms with Gasteiger partial charge in [-0.3, -0.25) is 4.79 Å². The minimum atomic E-state index is -1.41. The van der Waals surface area contributed by atoms with Crippen LogP contribution in [0.3, 0.4) is 0 Å².